The van der Waals surface area contributed by atoms with Crippen molar-refractivity contribution in [2.24, 2.45) is 0 Å². The molecule has 0 unspecified atom stereocenters. The fourth-order valence-corrected chi connectivity index (χ4v) is 1.76. The number of nitrogens with one attached hydrogen (secondary N) is 3. The number of nitrogens with zero attached hydrogens (tertiary/aromatic N) is 1. The van der Waals surface area contributed by atoms with Crippen molar-refractivity contribution in [3.63, 3.8) is 0 Å². The zero-order chi connectivity index (χ0) is 10.7. The van der Waals surface area contributed by atoms with Gasteiger partial charge in [-0.2, -0.15) is 5.10 Å². The topological polar surface area (TPSA) is 69.8 Å². The molecule has 2 heterocycles. The third kappa shape index (κ3) is 3.21. The second-order valence-corrected chi connectivity index (χ2v) is 3.93. The molecular formula is C10H17ClN4O. The van der Waals surface area contributed by atoms with E-state index < -0.39 is 0 Å². The quantitative estimate of drug-likeness (QED) is 0.715. The molecule has 6 heteroatoms. The van der Waals surface area contributed by atoms with Gasteiger partial charge in [-0.1, -0.05) is 0 Å². The Bertz CT molecular complexity index is 346. The Hall–Kier alpha value is -1.07. The molecule has 1 saturated heterocycles. The number of hydrogen-bond acceptors (Lipinski definition) is 3. The van der Waals surface area contributed by atoms with Gasteiger partial charge in [-0.05, 0) is 38.9 Å². The molecule has 0 atom stereocenters. The van der Waals surface area contributed by atoms with Gasteiger partial charge in [-0.3, -0.25) is 9.89 Å². The highest BCUT2D eigenvalue weighted by Crippen LogP contribution is 2.04. The van der Waals surface area contributed by atoms with Crippen LogP contribution in [0.25, 0.3) is 0 Å². The molecule has 0 spiro atoms. The number of carbonyl (C=O) groups excluding carboxylic acids is 1. The Morgan fingerprint density at radius 2 is 2.19 bits per heavy atom. The Kier molecular flexibility index (Phi) is 4.76. The molecule has 0 aliphatic carbocycles. The van der Waals surface area contributed by atoms with Crippen molar-refractivity contribution >= 4 is 18.3 Å². The fourth-order valence-electron chi connectivity index (χ4n) is 1.76. The Morgan fingerprint density at radius 3 is 2.75 bits per heavy atom. The molecule has 5 nitrogen and oxygen atoms in total. The van der Waals surface area contributed by atoms with E-state index in [2.05, 4.69) is 20.8 Å². The van der Waals surface area contributed by atoms with Crippen LogP contribution in [0.2, 0.25) is 0 Å². The van der Waals surface area contributed by atoms with Crippen molar-refractivity contribution in [1.29, 1.82) is 0 Å². The van der Waals surface area contributed by atoms with Gasteiger partial charge in [0, 0.05) is 11.7 Å². The van der Waals surface area contributed by atoms with E-state index in [-0.39, 0.29) is 24.4 Å². The first kappa shape index (κ1) is 13.0. The minimum absolute atomic E-state index is 0. The summed E-state index contributed by atoms with van der Waals surface area (Å²) in [5.74, 6) is -0.0775. The highest BCUT2D eigenvalue weighted by Gasteiger charge is 2.17. The molecular weight excluding hydrogens is 228 g/mol. The Labute approximate surface area is 101 Å². The van der Waals surface area contributed by atoms with Crippen LogP contribution >= 0.6 is 12.4 Å². The predicted octanol–water partition coefficient (Wildman–Crippen LogP) is 0.622. The SMILES string of the molecule is Cc1cc(C(=O)NC2CCNCC2)n[nH]1.Cl. The van der Waals surface area contributed by atoms with E-state index in [0.29, 0.717) is 5.69 Å². The number of aromatic nitrogens is 2. The second kappa shape index (κ2) is 5.86. The fraction of sp³-hybridized carbons (Fsp3) is 0.600. The van der Waals surface area contributed by atoms with Crippen molar-refractivity contribution in [3.8, 4) is 0 Å². The van der Waals surface area contributed by atoms with Gasteiger partial charge < -0.3 is 10.6 Å². The number of amides is 1. The number of H-pyrrole nitrogens is 1. The van der Waals surface area contributed by atoms with E-state index in [4.69, 9.17) is 0 Å². The number of aromatic amines is 1. The summed E-state index contributed by atoms with van der Waals surface area (Å²) < 4.78 is 0. The zero-order valence-electron chi connectivity index (χ0n) is 9.25. The van der Waals surface area contributed by atoms with E-state index in [1.54, 1.807) is 6.07 Å². The van der Waals surface area contributed by atoms with Crippen molar-refractivity contribution in [2.75, 3.05) is 13.1 Å². The van der Waals surface area contributed by atoms with Crippen molar-refractivity contribution in [1.82, 2.24) is 20.8 Å². The monoisotopic (exact) mass is 244 g/mol. The lowest BCUT2D eigenvalue weighted by atomic mass is 10.1. The van der Waals surface area contributed by atoms with Crippen LogP contribution in [0.5, 0.6) is 0 Å². The minimum Gasteiger partial charge on any atom is -0.348 e. The summed E-state index contributed by atoms with van der Waals surface area (Å²) in [5, 5.41) is 12.9. The number of rotatable bonds is 2. The van der Waals surface area contributed by atoms with Gasteiger partial charge in [0.25, 0.3) is 5.91 Å². The maximum absolute atomic E-state index is 11.7. The van der Waals surface area contributed by atoms with Gasteiger partial charge in [0.15, 0.2) is 0 Å². The maximum Gasteiger partial charge on any atom is 0.271 e. The molecule has 90 valence electrons. The highest BCUT2D eigenvalue weighted by molar-refractivity contribution is 5.92. The summed E-state index contributed by atoms with van der Waals surface area (Å²) in [5.41, 5.74) is 1.39. The number of carbonyl (C=O) groups is 1. The van der Waals surface area contributed by atoms with Crippen LogP contribution in [0.15, 0.2) is 6.07 Å². The molecule has 1 aliphatic rings. The van der Waals surface area contributed by atoms with Gasteiger partial charge in [-0.15, -0.1) is 12.4 Å². The van der Waals surface area contributed by atoms with Gasteiger partial charge in [0.05, 0.1) is 0 Å². The van der Waals surface area contributed by atoms with Crippen LogP contribution in [-0.4, -0.2) is 35.2 Å². The lowest BCUT2D eigenvalue weighted by Gasteiger charge is -2.23. The first-order valence-corrected chi connectivity index (χ1v) is 5.29. The number of halogens is 1. The third-order valence-electron chi connectivity index (χ3n) is 2.61. The molecule has 0 bridgehead atoms. The molecule has 16 heavy (non-hydrogen) atoms. The van der Waals surface area contributed by atoms with Crippen molar-refractivity contribution < 1.29 is 4.79 Å². The standard InChI is InChI=1S/C10H16N4O.ClH/c1-7-6-9(14-13-7)10(15)12-8-2-4-11-5-3-8;/h6,8,11H,2-5H2,1H3,(H,12,15)(H,13,14);1H. The molecule has 0 radical (unpaired) electrons. The van der Waals surface area contributed by atoms with Gasteiger partial charge in [0.1, 0.15) is 5.69 Å². The molecule has 1 aliphatic heterocycles. The molecule has 1 aromatic heterocycles. The number of piperidine rings is 1. The molecule has 2 rings (SSSR count). The van der Waals surface area contributed by atoms with E-state index in [1.165, 1.54) is 0 Å². The second-order valence-electron chi connectivity index (χ2n) is 3.93. The molecule has 1 fully saturated rings. The van der Waals surface area contributed by atoms with Crippen LogP contribution in [0.4, 0.5) is 0 Å². The van der Waals surface area contributed by atoms with E-state index >= 15 is 0 Å². The summed E-state index contributed by atoms with van der Waals surface area (Å²) in [4.78, 5) is 11.7. The van der Waals surface area contributed by atoms with Crippen LogP contribution < -0.4 is 10.6 Å². The van der Waals surface area contributed by atoms with Gasteiger partial charge >= 0.3 is 0 Å². The smallest absolute Gasteiger partial charge is 0.271 e. The van der Waals surface area contributed by atoms with E-state index in [0.717, 1.165) is 31.6 Å². The van der Waals surface area contributed by atoms with Gasteiger partial charge in [0.2, 0.25) is 0 Å². The summed E-state index contributed by atoms with van der Waals surface area (Å²) in [7, 11) is 0. The minimum atomic E-state index is -0.0775. The average molecular weight is 245 g/mol. The molecule has 0 saturated carbocycles. The molecule has 3 N–H and O–H groups in total. The van der Waals surface area contributed by atoms with E-state index in [1.807, 2.05) is 6.92 Å². The van der Waals surface area contributed by atoms with Crippen LogP contribution in [-0.2, 0) is 0 Å². The van der Waals surface area contributed by atoms with Crippen molar-refractivity contribution in [3.05, 3.63) is 17.5 Å². The summed E-state index contributed by atoms with van der Waals surface area (Å²) in [6.07, 6.45) is 1.99. The van der Waals surface area contributed by atoms with E-state index in [9.17, 15) is 4.79 Å². The molecule has 1 aromatic rings. The normalized spacial score (nSPS) is 16.6. The van der Waals surface area contributed by atoms with Crippen LogP contribution in [0.1, 0.15) is 29.0 Å². The van der Waals surface area contributed by atoms with Gasteiger partial charge in [-0.25, -0.2) is 0 Å². The lowest BCUT2D eigenvalue weighted by molar-refractivity contribution is 0.0924. The summed E-state index contributed by atoms with van der Waals surface area (Å²) in [6, 6.07) is 2.05. The molecule has 1 amide bonds. The number of aryl methyl sites for hydroxylation is 1. The summed E-state index contributed by atoms with van der Waals surface area (Å²) in [6.45, 7) is 3.84. The predicted molar refractivity (Wildman–Crippen MR) is 63.9 cm³/mol. The molecule has 0 aromatic carbocycles. The van der Waals surface area contributed by atoms with Crippen molar-refractivity contribution in [2.45, 2.75) is 25.8 Å². The van der Waals surface area contributed by atoms with Crippen LogP contribution in [0, 0.1) is 6.92 Å². The maximum atomic E-state index is 11.7. The first-order valence-electron chi connectivity index (χ1n) is 5.29. The Balaban J connectivity index is 0.00000128. The summed E-state index contributed by atoms with van der Waals surface area (Å²) >= 11 is 0. The highest BCUT2D eigenvalue weighted by atomic mass is 35.5. The third-order valence-corrected chi connectivity index (χ3v) is 2.61. The first-order chi connectivity index (χ1) is 7.25. The zero-order valence-corrected chi connectivity index (χ0v) is 10.1. The lowest BCUT2D eigenvalue weighted by Crippen LogP contribution is -2.42. The largest absolute Gasteiger partial charge is 0.348 e. The Morgan fingerprint density at radius 1 is 1.50 bits per heavy atom. The average Bonchev–Trinajstić information content (AvgIpc) is 2.66. The van der Waals surface area contributed by atoms with Crippen LogP contribution in [0.3, 0.4) is 0 Å². The number of hydrogen-bond donors (Lipinski definition) is 3.